The van der Waals surface area contributed by atoms with E-state index in [1.165, 1.54) is 22.4 Å². The summed E-state index contributed by atoms with van der Waals surface area (Å²) in [7, 11) is 2.03. The smallest absolute Gasteiger partial charge is 0.0675 e. The number of hydrogen-bond donors (Lipinski definition) is 0. The highest BCUT2D eigenvalue weighted by Crippen LogP contribution is 2.37. The van der Waals surface area contributed by atoms with Crippen LogP contribution < -0.4 is 0 Å². The number of aromatic nitrogens is 2. The molecule has 0 fully saturated rings. The lowest BCUT2D eigenvalue weighted by molar-refractivity contribution is 0.719. The van der Waals surface area contributed by atoms with E-state index < -0.39 is 0 Å². The zero-order chi connectivity index (χ0) is 9.71. The van der Waals surface area contributed by atoms with E-state index in [0.717, 1.165) is 12.1 Å². The molecule has 1 aliphatic carbocycles. The van der Waals surface area contributed by atoms with Gasteiger partial charge in [-0.05, 0) is 18.1 Å². The first-order valence-corrected chi connectivity index (χ1v) is 4.88. The number of benzene rings is 1. The van der Waals surface area contributed by atoms with Crippen molar-refractivity contribution in [3.63, 3.8) is 0 Å². The summed E-state index contributed by atoms with van der Waals surface area (Å²) in [6.07, 6.45) is 1.03. The van der Waals surface area contributed by atoms with E-state index in [0.29, 0.717) is 0 Å². The Morgan fingerprint density at radius 3 is 2.93 bits per heavy atom. The first kappa shape index (κ1) is 7.80. The van der Waals surface area contributed by atoms with Crippen LogP contribution in [-0.2, 0) is 13.5 Å². The number of nitrogens with zero attached hydrogens (tertiary/aromatic N) is 2. The van der Waals surface area contributed by atoms with Gasteiger partial charge in [0.15, 0.2) is 0 Å². The van der Waals surface area contributed by atoms with Gasteiger partial charge in [0, 0.05) is 19.0 Å². The van der Waals surface area contributed by atoms with Gasteiger partial charge in [-0.15, -0.1) is 0 Å². The quantitative estimate of drug-likeness (QED) is 0.524. The Balaban J connectivity index is 2.35. The predicted molar refractivity (Wildman–Crippen MR) is 56.2 cm³/mol. The molecule has 14 heavy (non-hydrogen) atoms. The second-order valence-corrected chi connectivity index (χ2v) is 3.86. The third kappa shape index (κ3) is 0.830. The minimum atomic E-state index is 1.03. The molecule has 0 N–H and O–H groups in total. The van der Waals surface area contributed by atoms with Gasteiger partial charge in [0.2, 0.25) is 0 Å². The van der Waals surface area contributed by atoms with Crippen LogP contribution in [0.1, 0.15) is 17.0 Å². The summed E-state index contributed by atoms with van der Waals surface area (Å²) in [4.78, 5) is 0. The normalized spacial score (nSPS) is 12.7. The van der Waals surface area contributed by atoms with Crippen LogP contribution in [0.25, 0.3) is 11.1 Å². The average Bonchev–Trinajstić information content (AvgIpc) is 2.66. The molecule has 0 saturated heterocycles. The van der Waals surface area contributed by atoms with Gasteiger partial charge >= 0.3 is 0 Å². The van der Waals surface area contributed by atoms with Crippen LogP contribution in [0.3, 0.4) is 0 Å². The Bertz CT molecular complexity index is 509. The van der Waals surface area contributed by atoms with Crippen molar-refractivity contribution >= 4 is 0 Å². The third-order valence-electron chi connectivity index (χ3n) is 2.99. The Kier molecular flexibility index (Phi) is 1.38. The second kappa shape index (κ2) is 2.47. The number of rotatable bonds is 0. The van der Waals surface area contributed by atoms with E-state index in [1.807, 2.05) is 11.7 Å². The second-order valence-electron chi connectivity index (χ2n) is 3.86. The van der Waals surface area contributed by atoms with Crippen LogP contribution >= 0.6 is 0 Å². The van der Waals surface area contributed by atoms with Gasteiger partial charge in [-0.1, -0.05) is 24.3 Å². The van der Waals surface area contributed by atoms with Gasteiger partial charge in [0.1, 0.15) is 0 Å². The highest BCUT2D eigenvalue weighted by Gasteiger charge is 2.23. The zero-order valence-corrected chi connectivity index (χ0v) is 8.41. The predicted octanol–water partition coefficient (Wildman–Crippen LogP) is 2.30. The number of fused-ring (bicyclic) bond motifs is 3. The van der Waals surface area contributed by atoms with Crippen molar-refractivity contribution in [1.82, 2.24) is 9.78 Å². The largest absolute Gasteiger partial charge is 0.271 e. The van der Waals surface area contributed by atoms with Crippen molar-refractivity contribution in [2.24, 2.45) is 7.05 Å². The molecule has 1 aromatic carbocycles. The molecular formula is C12H12N2. The molecule has 0 saturated carbocycles. The summed E-state index contributed by atoms with van der Waals surface area (Å²) in [5, 5.41) is 4.45. The van der Waals surface area contributed by atoms with Gasteiger partial charge < -0.3 is 0 Å². The number of hydrogen-bond acceptors (Lipinski definition) is 1. The van der Waals surface area contributed by atoms with Crippen molar-refractivity contribution in [3.8, 4) is 11.1 Å². The summed E-state index contributed by atoms with van der Waals surface area (Å²) in [6.45, 7) is 2.08. The van der Waals surface area contributed by atoms with Crippen LogP contribution in [0.5, 0.6) is 0 Å². The minimum Gasteiger partial charge on any atom is -0.271 e. The maximum atomic E-state index is 4.45. The Morgan fingerprint density at radius 2 is 2.07 bits per heavy atom. The summed E-state index contributed by atoms with van der Waals surface area (Å²) < 4.78 is 2.00. The standard InChI is InChI=1S/C12H12N2/c1-8-12-10-6-4-3-5-9(10)7-11(12)14(2)13-8/h3-6H,7H2,1-2H3. The molecule has 1 heterocycles. The fourth-order valence-electron chi connectivity index (χ4n) is 2.36. The highest BCUT2D eigenvalue weighted by molar-refractivity contribution is 5.77. The van der Waals surface area contributed by atoms with Crippen LogP contribution in [0.2, 0.25) is 0 Å². The molecule has 3 rings (SSSR count). The Labute approximate surface area is 83.2 Å². The van der Waals surface area contributed by atoms with Crippen LogP contribution in [0, 0.1) is 6.92 Å². The monoisotopic (exact) mass is 184 g/mol. The van der Waals surface area contributed by atoms with Crippen molar-refractivity contribution in [1.29, 1.82) is 0 Å². The summed E-state index contributed by atoms with van der Waals surface area (Å²) in [5.74, 6) is 0. The van der Waals surface area contributed by atoms with E-state index in [1.54, 1.807) is 0 Å². The molecule has 0 spiro atoms. The third-order valence-corrected chi connectivity index (χ3v) is 2.99. The molecule has 2 aromatic rings. The van der Waals surface area contributed by atoms with Crippen molar-refractivity contribution in [2.45, 2.75) is 13.3 Å². The van der Waals surface area contributed by atoms with Crippen LogP contribution in [-0.4, -0.2) is 9.78 Å². The number of aryl methyl sites for hydroxylation is 2. The average molecular weight is 184 g/mol. The highest BCUT2D eigenvalue weighted by atomic mass is 15.3. The molecule has 1 aromatic heterocycles. The van der Waals surface area contributed by atoms with Crippen LogP contribution in [0.4, 0.5) is 0 Å². The molecule has 0 unspecified atom stereocenters. The van der Waals surface area contributed by atoms with Gasteiger partial charge in [-0.2, -0.15) is 5.10 Å². The fourth-order valence-corrected chi connectivity index (χ4v) is 2.36. The lowest BCUT2D eigenvalue weighted by Crippen LogP contribution is -1.96. The summed E-state index contributed by atoms with van der Waals surface area (Å²) >= 11 is 0. The van der Waals surface area contributed by atoms with Gasteiger partial charge in [-0.25, -0.2) is 0 Å². The van der Waals surface area contributed by atoms with Gasteiger partial charge in [-0.3, -0.25) is 4.68 Å². The molecule has 1 aliphatic rings. The van der Waals surface area contributed by atoms with Gasteiger partial charge in [0.05, 0.1) is 11.4 Å². The van der Waals surface area contributed by atoms with E-state index in [9.17, 15) is 0 Å². The van der Waals surface area contributed by atoms with E-state index in [4.69, 9.17) is 0 Å². The summed E-state index contributed by atoms with van der Waals surface area (Å²) in [6, 6.07) is 8.60. The first-order chi connectivity index (χ1) is 6.77. The maximum absolute atomic E-state index is 4.45. The molecule has 0 radical (unpaired) electrons. The molecule has 2 nitrogen and oxygen atoms in total. The van der Waals surface area contributed by atoms with Crippen molar-refractivity contribution < 1.29 is 0 Å². The minimum absolute atomic E-state index is 1.03. The zero-order valence-electron chi connectivity index (χ0n) is 8.41. The Hall–Kier alpha value is -1.57. The van der Waals surface area contributed by atoms with Crippen molar-refractivity contribution in [2.75, 3.05) is 0 Å². The lowest BCUT2D eigenvalue weighted by Gasteiger charge is -1.98. The fraction of sp³-hybridized carbons (Fsp3) is 0.250. The molecule has 0 amide bonds. The van der Waals surface area contributed by atoms with Crippen LogP contribution in [0.15, 0.2) is 24.3 Å². The van der Waals surface area contributed by atoms with E-state index in [2.05, 4.69) is 36.3 Å². The molecule has 0 bridgehead atoms. The molecule has 2 heteroatoms. The van der Waals surface area contributed by atoms with E-state index in [-0.39, 0.29) is 0 Å². The van der Waals surface area contributed by atoms with Crippen molar-refractivity contribution in [3.05, 3.63) is 41.2 Å². The Morgan fingerprint density at radius 1 is 1.29 bits per heavy atom. The summed E-state index contributed by atoms with van der Waals surface area (Å²) in [5.41, 5.74) is 6.64. The molecule has 0 aliphatic heterocycles. The van der Waals surface area contributed by atoms with E-state index >= 15 is 0 Å². The molecular weight excluding hydrogens is 172 g/mol. The SMILES string of the molecule is Cc1nn(C)c2c1-c1ccccc1C2. The first-order valence-electron chi connectivity index (χ1n) is 4.88. The topological polar surface area (TPSA) is 17.8 Å². The lowest BCUT2D eigenvalue weighted by atomic mass is 10.1. The molecule has 70 valence electrons. The van der Waals surface area contributed by atoms with Gasteiger partial charge in [0.25, 0.3) is 0 Å². The maximum Gasteiger partial charge on any atom is 0.0675 e. The molecule has 0 atom stereocenters.